The van der Waals surface area contributed by atoms with E-state index in [9.17, 15) is 0 Å². The third kappa shape index (κ3) is 5.22. The van der Waals surface area contributed by atoms with Crippen LogP contribution in [-0.4, -0.2) is 63.4 Å². The zero-order chi connectivity index (χ0) is 24.4. The van der Waals surface area contributed by atoms with Gasteiger partial charge in [0.1, 0.15) is 0 Å². The summed E-state index contributed by atoms with van der Waals surface area (Å²) in [4.78, 5) is 22.4. The summed E-state index contributed by atoms with van der Waals surface area (Å²) in [6, 6.07) is 4.74. The van der Waals surface area contributed by atoms with Crippen molar-refractivity contribution in [3.05, 3.63) is 47.8 Å². The Hall–Kier alpha value is -3.27. The molecule has 5 rings (SSSR count). The molecular formula is C25H34N8O2. The summed E-state index contributed by atoms with van der Waals surface area (Å²) in [6.07, 6.45) is 8.23. The summed E-state index contributed by atoms with van der Waals surface area (Å²) in [5.41, 5.74) is 8.67. The highest BCUT2D eigenvalue weighted by Gasteiger charge is 2.34. The van der Waals surface area contributed by atoms with E-state index in [1.54, 1.807) is 12.4 Å². The minimum Gasteiger partial charge on any atom is -0.487 e. The molecule has 2 saturated heterocycles. The number of pyridine rings is 1. The molecule has 3 aromatic heterocycles. The molecule has 0 spiro atoms. The van der Waals surface area contributed by atoms with Gasteiger partial charge in [-0.1, -0.05) is 12.1 Å². The van der Waals surface area contributed by atoms with Crippen LogP contribution in [0.15, 0.2) is 35.2 Å². The van der Waals surface area contributed by atoms with Crippen LogP contribution in [0.3, 0.4) is 0 Å². The number of anilines is 2. The molecule has 0 aromatic carbocycles. The lowest BCUT2D eigenvalue weighted by atomic mass is 9.92. The molecule has 0 saturated carbocycles. The van der Waals surface area contributed by atoms with Gasteiger partial charge in [-0.3, -0.25) is 4.98 Å². The molecule has 0 radical (unpaired) electrons. The van der Waals surface area contributed by atoms with Crippen molar-refractivity contribution in [1.82, 2.24) is 25.1 Å². The van der Waals surface area contributed by atoms with Crippen LogP contribution in [0.25, 0.3) is 0 Å². The Morgan fingerprint density at radius 2 is 1.91 bits per heavy atom. The second-order valence-electron chi connectivity index (χ2n) is 9.65. The van der Waals surface area contributed by atoms with Crippen molar-refractivity contribution in [1.29, 1.82) is 0 Å². The van der Waals surface area contributed by atoms with Gasteiger partial charge in [-0.15, -0.1) is 0 Å². The summed E-state index contributed by atoms with van der Waals surface area (Å²) in [7, 11) is 0. The first-order valence-electron chi connectivity index (χ1n) is 12.5. The van der Waals surface area contributed by atoms with Gasteiger partial charge in [-0.25, -0.2) is 9.97 Å². The Morgan fingerprint density at radius 3 is 2.60 bits per heavy atom. The van der Waals surface area contributed by atoms with E-state index >= 15 is 0 Å². The van der Waals surface area contributed by atoms with Crippen molar-refractivity contribution in [3.8, 4) is 5.75 Å². The number of rotatable bonds is 7. The van der Waals surface area contributed by atoms with Gasteiger partial charge in [0, 0.05) is 56.5 Å². The minimum absolute atomic E-state index is 0.00423. The maximum Gasteiger partial charge on any atom is 0.324 e. The lowest BCUT2D eigenvalue weighted by Crippen LogP contribution is -2.38. The highest BCUT2D eigenvalue weighted by Crippen LogP contribution is 2.29. The number of hydrogen-bond donors (Lipinski definition) is 1. The van der Waals surface area contributed by atoms with Crippen LogP contribution in [0.1, 0.15) is 49.7 Å². The molecular weight excluding hydrogens is 444 g/mol. The van der Waals surface area contributed by atoms with E-state index in [4.69, 9.17) is 15.0 Å². The molecule has 3 atom stereocenters. The van der Waals surface area contributed by atoms with Gasteiger partial charge in [0.05, 0.1) is 18.5 Å². The molecule has 0 unspecified atom stereocenters. The molecule has 5 heterocycles. The van der Waals surface area contributed by atoms with Gasteiger partial charge < -0.3 is 24.8 Å². The topological polar surface area (TPSA) is 119 Å². The van der Waals surface area contributed by atoms with E-state index in [-0.39, 0.29) is 18.1 Å². The number of nitrogens with two attached hydrogens (primary N) is 1. The molecule has 3 aromatic rings. The lowest BCUT2D eigenvalue weighted by molar-refractivity contribution is 0.131. The van der Waals surface area contributed by atoms with Crippen molar-refractivity contribution in [2.24, 2.45) is 11.7 Å². The Balaban J connectivity index is 1.14. The third-order valence-electron chi connectivity index (χ3n) is 7.15. The second-order valence-corrected chi connectivity index (χ2v) is 9.65. The van der Waals surface area contributed by atoms with E-state index < -0.39 is 0 Å². The monoisotopic (exact) mass is 478 g/mol. The number of hydrogen-bond acceptors (Lipinski definition) is 10. The van der Waals surface area contributed by atoms with Crippen molar-refractivity contribution in [2.45, 2.75) is 58.1 Å². The average molecular weight is 479 g/mol. The van der Waals surface area contributed by atoms with Crippen LogP contribution < -0.4 is 20.3 Å². The first kappa shape index (κ1) is 23.5. The zero-order valence-corrected chi connectivity index (χ0v) is 20.7. The molecule has 2 fully saturated rings. The summed E-state index contributed by atoms with van der Waals surface area (Å²) >= 11 is 0. The maximum absolute atomic E-state index is 6.44. The number of aromatic nitrogens is 5. The smallest absolute Gasteiger partial charge is 0.324 e. The Bertz CT molecular complexity index is 1110. The minimum atomic E-state index is -0.00423. The molecule has 2 aliphatic heterocycles. The van der Waals surface area contributed by atoms with Crippen LogP contribution in [0.4, 0.5) is 12.0 Å². The normalized spacial score (nSPS) is 21.9. The molecule has 2 aliphatic rings. The van der Waals surface area contributed by atoms with Crippen LogP contribution in [0.2, 0.25) is 0 Å². The fraction of sp³-hybridized carbons (Fsp3) is 0.560. The molecule has 10 nitrogen and oxygen atoms in total. The van der Waals surface area contributed by atoms with Crippen molar-refractivity contribution in [2.75, 3.05) is 36.0 Å². The Morgan fingerprint density at radius 1 is 1.14 bits per heavy atom. The van der Waals surface area contributed by atoms with Crippen LogP contribution in [0.5, 0.6) is 5.75 Å². The number of aryl methyl sites for hydroxylation is 2. The molecule has 35 heavy (non-hydrogen) atoms. The Kier molecular flexibility index (Phi) is 6.81. The van der Waals surface area contributed by atoms with Crippen LogP contribution >= 0.6 is 0 Å². The Labute approximate surface area is 205 Å². The molecule has 186 valence electrons. The number of ether oxygens (including phenoxy) is 1. The predicted octanol–water partition coefficient (Wildman–Crippen LogP) is 2.74. The molecule has 0 bridgehead atoms. The zero-order valence-electron chi connectivity index (χ0n) is 20.7. The van der Waals surface area contributed by atoms with Crippen molar-refractivity contribution >= 4 is 12.0 Å². The molecule has 10 heteroatoms. The highest BCUT2D eigenvalue weighted by atomic mass is 16.5. The van der Waals surface area contributed by atoms with Crippen LogP contribution in [0, 0.1) is 12.8 Å². The van der Waals surface area contributed by atoms with E-state index in [0.717, 1.165) is 50.4 Å². The van der Waals surface area contributed by atoms with Crippen molar-refractivity contribution < 1.29 is 9.26 Å². The van der Waals surface area contributed by atoms with E-state index in [0.29, 0.717) is 30.2 Å². The van der Waals surface area contributed by atoms with Gasteiger partial charge in [-0.05, 0) is 50.3 Å². The highest BCUT2D eigenvalue weighted by molar-refractivity contribution is 5.37. The standard InChI is InChI=1S/C25H34N8O2/c1-4-23-30-25(35-31-23)32-9-6-18(7-10-32)17(3)34-19-12-28-24(29-13-19)33-14-20(21(26)15-33)22-11-16(2)5-8-27-22/h5,8,11-13,17-18,20-21H,4,6-7,9-10,14-15,26H2,1-3H3/t17-,20-,21-/m0/s1. The number of nitrogens with zero attached hydrogens (tertiary/aromatic N) is 7. The second kappa shape index (κ2) is 10.2. The summed E-state index contributed by atoms with van der Waals surface area (Å²) < 4.78 is 11.6. The van der Waals surface area contributed by atoms with Gasteiger partial charge >= 0.3 is 6.01 Å². The molecule has 0 aliphatic carbocycles. The summed E-state index contributed by atoms with van der Waals surface area (Å²) in [5.74, 6) is 2.73. The lowest BCUT2D eigenvalue weighted by Gasteiger charge is -2.33. The average Bonchev–Trinajstić information content (AvgIpc) is 3.51. The summed E-state index contributed by atoms with van der Waals surface area (Å²) in [5, 5.41) is 4.00. The van der Waals surface area contributed by atoms with E-state index in [1.807, 2.05) is 19.2 Å². The fourth-order valence-corrected chi connectivity index (χ4v) is 4.99. The summed E-state index contributed by atoms with van der Waals surface area (Å²) in [6.45, 7) is 9.44. The fourth-order valence-electron chi connectivity index (χ4n) is 4.99. The molecule has 2 N–H and O–H groups in total. The van der Waals surface area contributed by atoms with Gasteiger partial charge in [0.25, 0.3) is 0 Å². The van der Waals surface area contributed by atoms with Gasteiger partial charge in [-0.2, -0.15) is 4.98 Å². The third-order valence-corrected chi connectivity index (χ3v) is 7.15. The van der Waals surface area contributed by atoms with E-state index in [1.165, 1.54) is 5.56 Å². The SMILES string of the molecule is CCc1noc(N2CCC([C@H](C)Oc3cnc(N4C[C@H](c5cc(C)ccn5)[C@@H](N)C4)nc3)CC2)n1. The van der Waals surface area contributed by atoms with Crippen molar-refractivity contribution in [3.63, 3.8) is 0 Å². The predicted molar refractivity (Wildman–Crippen MR) is 133 cm³/mol. The molecule has 0 amide bonds. The quantitative estimate of drug-likeness (QED) is 0.543. The first-order valence-corrected chi connectivity index (χ1v) is 12.5. The first-order chi connectivity index (χ1) is 17.0. The maximum atomic E-state index is 6.44. The largest absolute Gasteiger partial charge is 0.487 e. The van der Waals surface area contributed by atoms with E-state index in [2.05, 4.69) is 54.8 Å². The van der Waals surface area contributed by atoms with Gasteiger partial charge in [0.2, 0.25) is 5.95 Å². The number of piperidine rings is 1. The van der Waals surface area contributed by atoms with Gasteiger partial charge in [0.15, 0.2) is 11.6 Å². The van der Waals surface area contributed by atoms with Crippen LogP contribution in [-0.2, 0) is 6.42 Å².